The van der Waals surface area contributed by atoms with Crippen LogP contribution < -0.4 is 10.6 Å². The number of aliphatic carboxylic acids is 1. The third-order valence-electron chi connectivity index (χ3n) is 4.08. The van der Waals surface area contributed by atoms with Gasteiger partial charge in [0.05, 0.1) is 6.42 Å². The maximum Gasteiger partial charge on any atom is 0.305 e. The number of nitrogens with one attached hydrogen (secondary N) is 2. The van der Waals surface area contributed by atoms with Gasteiger partial charge in [0.2, 0.25) is 11.8 Å². The minimum Gasteiger partial charge on any atom is -0.481 e. The first-order valence-electron chi connectivity index (χ1n) is 7.73. The van der Waals surface area contributed by atoms with Gasteiger partial charge in [-0.2, -0.15) is 0 Å². The van der Waals surface area contributed by atoms with Gasteiger partial charge in [-0.15, -0.1) is 0 Å². The molecular weight excluding hydrogens is 272 g/mol. The van der Waals surface area contributed by atoms with E-state index in [4.69, 9.17) is 5.11 Å². The second-order valence-corrected chi connectivity index (χ2v) is 5.77. The lowest BCUT2D eigenvalue weighted by molar-refractivity contribution is -0.139. The Morgan fingerprint density at radius 1 is 1.19 bits per heavy atom. The largest absolute Gasteiger partial charge is 0.481 e. The Morgan fingerprint density at radius 3 is 2.29 bits per heavy atom. The molecule has 0 aliphatic heterocycles. The molecule has 0 bridgehead atoms. The Hall–Kier alpha value is -1.59. The summed E-state index contributed by atoms with van der Waals surface area (Å²) in [7, 11) is 0. The summed E-state index contributed by atoms with van der Waals surface area (Å²) in [5, 5.41) is 14.6. The van der Waals surface area contributed by atoms with Gasteiger partial charge >= 0.3 is 5.97 Å². The van der Waals surface area contributed by atoms with Crippen LogP contribution in [0.4, 0.5) is 0 Å². The summed E-state index contributed by atoms with van der Waals surface area (Å²) in [6.45, 7) is 4.25. The van der Waals surface area contributed by atoms with Gasteiger partial charge in [-0.3, -0.25) is 14.4 Å². The lowest BCUT2D eigenvalue weighted by Crippen LogP contribution is -2.49. The van der Waals surface area contributed by atoms with Crippen molar-refractivity contribution in [1.82, 2.24) is 10.6 Å². The molecule has 0 radical (unpaired) electrons. The number of amides is 2. The number of hydrogen-bond donors (Lipinski definition) is 3. The van der Waals surface area contributed by atoms with Gasteiger partial charge in [0.1, 0.15) is 0 Å². The number of carbonyl (C=O) groups is 3. The summed E-state index contributed by atoms with van der Waals surface area (Å²) in [6.07, 6.45) is 3.91. The summed E-state index contributed by atoms with van der Waals surface area (Å²) in [5.41, 5.74) is -0.666. The first kappa shape index (κ1) is 17.5. The highest BCUT2D eigenvalue weighted by Gasteiger charge is 2.31. The van der Waals surface area contributed by atoms with Crippen LogP contribution in [0.15, 0.2) is 0 Å². The Labute approximate surface area is 125 Å². The molecule has 2 amide bonds. The fraction of sp³-hybridized carbons (Fsp3) is 0.800. The molecule has 0 heterocycles. The maximum atomic E-state index is 11.9. The Morgan fingerprint density at radius 2 is 1.81 bits per heavy atom. The highest BCUT2D eigenvalue weighted by atomic mass is 16.4. The fourth-order valence-corrected chi connectivity index (χ4v) is 2.32. The lowest BCUT2D eigenvalue weighted by Gasteiger charge is -2.31. The molecule has 0 aromatic rings. The van der Waals surface area contributed by atoms with E-state index in [0.29, 0.717) is 32.2 Å². The van der Waals surface area contributed by atoms with Crippen LogP contribution in [-0.2, 0) is 14.4 Å². The molecule has 1 rings (SSSR count). The van der Waals surface area contributed by atoms with Crippen LogP contribution in [0.25, 0.3) is 0 Å². The van der Waals surface area contributed by atoms with Crippen molar-refractivity contribution in [1.29, 1.82) is 0 Å². The molecule has 1 fully saturated rings. The number of carboxylic acid groups (broad SMARTS) is 1. The SMILES string of the molecule is CCC(CC)(CC(=O)O)NC(=O)CCCNC(=O)C1CC1. The predicted octanol–water partition coefficient (Wildman–Crippen LogP) is 1.44. The summed E-state index contributed by atoms with van der Waals surface area (Å²) < 4.78 is 0. The molecule has 6 heteroatoms. The van der Waals surface area contributed by atoms with Crippen LogP contribution in [0.1, 0.15) is 58.8 Å². The lowest BCUT2D eigenvalue weighted by atomic mass is 9.88. The molecule has 21 heavy (non-hydrogen) atoms. The summed E-state index contributed by atoms with van der Waals surface area (Å²) in [6, 6.07) is 0. The normalized spacial score (nSPS) is 14.6. The van der Waals surface area contributed by atoms with Gasteiger partial charge in [-0.25, -0.2) is 0 Å². The van der Waals surface area contributed by atoms with E-state index in [1.165, 1.54) is 0 Å². The molecule has 0 saturated heterocycles. The van der Waals surface area contributed by atoms with E-state index in [9.17, 15) is 14.4 Å². The molecule has 0 unspecified atom stereocenters. The van der Waals surface area contributed by atoms with Gasteiger partial charge in [0.25, 0.3) is 0 Å². The van der Waals surface area contributed by atoms with Crippen LogP contribution >= 0.6 is 0 Å². The quantitative estimate of drug-likeness (QED) is 0.532. The second kappa shape index (κ2) is 8.00. The molecule has 6 nitrogen and oxygen atoms in total. The number of rotatable bonds is 10. The first-order chi connectivity index (χ1) is 9.92. The van der Waals surface area contributed by atoms with Gasteiger partial charge in [-0.05, 0) is 32.1 Å². The van der Waals surface area contributed by atoms with Gasteiger partial charge in [-0.1, -0.05) is 13.8 Å². The van der Waals surface area contributed by atoms with Gasteiger partial charge in [0, 0.05) is 24.4 Å². The van der Waals surface area contributed by atoms with Crippen molar-refractivity contribution >= 4 is 17.8 Å². The third kappa shape index (κ3) is 6.14. The molecule has 0 spiro atoms. The third-order valence-corrected chi connectivity index (χ3v) is 4.08. The fourth-order valence-electron chi connectivity index (χ4n) is 2.32. The van der Waals surface area contributed by atoms with Crippen LogP contribution in [-0.4, -0.2) is 35.0 Å². The van der Waals surface area contributed by atoms with Crippen molar-refractivity contribution < 1.29 is 19.5 Å². The minimum absolute atomic E-state index is 0.0653. The monoisotopic (exact) mass is 298 g/mol. The van der Waals surface area contributed by atoms with Crippen molar-refractivity contribution in [2.45, 2.75) is 64.3 Å². The number of carbonyl (C=O) groups excluding carboxylic acids is 2. The van der Waals surface area contributed by atoms with E-state index in [0.717, 1.165) is 12.8 Å². The van der Waals surface area contributed by atoms with Crippen LogP contribution in [0.2, 0.25) is 0 Å². The Bertz CT molecular complexity index is 387. The van der Waals surface area contributed by atoms with Crippen molar-refractivity contribution in [2.75, 3.05) is 6.54 Å². The topological polar surface area (TPSA) is 95.5 Å². The van der Waals surface area contributed by atoms with Crippen LogP contribution in [0.3, 0.4) is 0 Å². The summed E-state index contributed by atoms with van der Waals surface area (Å²) >= 11 is 0. The van der Waals surface area contributed by atoms with Crippen molar-refractivity contribution in [2.24, 2.45) is 5.92 Å². The van der Waals surface area contributed by atoms with E-state index < -0.39 is 11.5 Å². The highest BCUT2D eigenvalue weighted by molar-refractivity contribution is 5.81. The van der Waals surface area contributed by atoms with E-state index in [1.54, 1.807) is 0 Å². The first-order valence-corrected chi connectivity index (χ1v) is 7.73. The van der Waals surface area contributed by atoms with Gasteiger partial charge in [0.15, 0.2) is 0 Å². The number of hydrogen-bond acceptors (Lipinski definition) is 3. The zero-order valence-electron chi connectivity index (χ0n) is 12.9. The van der Waals surface area contributed by atoms with Gasteiger partial charge < -0.3 is 15.7 Å². The van der Waals surface area contributed by atoms with E-state index in [2.05, 4.69) is 10.6 Å². The number of carboxylic acids is 1. The standard InChI is InChI=1S/C15H26N2O4/c1-3-15(4-2,10-13(19)20)17-12(18)6-5-9-16-14(21)11-7-8-11/h11H,3-10H2,1-2H3,(H,16,21)(H,17,18)(H,19,20). The van der Waals surface area contributed by atoms with Crippen molar-refractivity contribution in [3.05, 3.63) is 0 Å². The van der Waals surface area contributed by atoms with Crippen molar-refractivity contribution in [3.63, 3.8) is 0 Å². The summed E-state index contributed by atoms with van der Waals surface area (Å²) in [5.74, 6) is -0.795. The molecule has 1 aliphatic carbocycles. The molecule has 3 N–H and O–H groups in total. The van der Waals surface area contributed by atoms with Crippen LogP contribution in [0, 0.1) is 5.92 Å². The van der Waals surface area contributed by atoms with E-state index >= 15 is 0 Å². The Kier molecular flexibility index (Phi) is 6.65. The second-order valence-electron chi connectivity index (χ2n) is 5.77. The van der Waals surface area contributed by atoms with Crippen molar-refractivity contribution in [3.8, 4) is 0 Å². The Balaban J connectivity index is 2.29. The van der Waals surface area contributed by atoms with E-state index in [-0.39, 0.29) is 24.2 Å². The molecule has 1 saturated carbocycles. The molecule has 0 aromatic heterocycles. The predicted molar refractivity (Wildman–Crippen MR) is 78.7 cm³/mol. The average molecular weight is 298 g/mol. The zero-order valence-corrected chi connectivity index (χ0v) is 12.9. The molecule has 0 aromatic carbocycles. The highest BCUT2D eigenvalue weighted by Crippen LogP contribution is 2.28. The molecule has 1 aliphatic rings. The van der Waals surface area contributed by atoms with E-state index in [1.807, 2.05) is 13.8 Å². The average Bonchev–Trinajstić information content (AvgIpc) is 3.26. The van der Waals surface area contributed by atoms with Crippen LogP contribution in [0.5, 0.6) is 0 Å². The zero-order chi connectivity index (χ0) is 15.9. The summed E-state index contributed by atoms with van der Waals surface area (Å²) in [4.78, 5) is 34.3. The minimum atomic E-state index is -0.907. The smallest absolute Gasteiger partial charge is 0.305 e. The molecule has 0 atom stereocenters. The molecular formula is C15H26N2O4. The molecule has 120 valence electrons. The maximum absolute atomic E-state index is 11.9.